The van der Waals surface area contributed by atoms with E-state index in [1.165, 1.54) is 24.5 Å². The molecule has 0 bridgehead atoms. The lowest BCUT2D eigenvalue weighted by Gasteiger charge is -2.32. The molecule has 0 atom stereocenters. The number of nitrogens with one attached hydrogen (secondary N) is 1. The highest BCUT2D eigenvalue weighted by molar-refractivity contribution is 6.42. The molecule has 9 nitrogen and oxygen atoms in total. The molecule has 2 aromatic carbocycles. The molecule has 1 N–H and O–H groups in total. The zero-order chi connectivity index (χ0) is 27.8. The minimum Gasteiger partial charge on any atom is -0.490 e. The third-order valence-electron chi connectivity index (χ3n) is 7.15. The Morgan fingerprint density at radius 3 is 2.73 bits per heavy atom. The lowest BCUT2D eigenvalue weighted by atomic mass is 10.0. The number of rotatable bonds is 7. The van der Waals surface area contributed by atoms with Crippen molar-refractivity contribution in [1.82, 2.24) is 24.6 Å². The molecule has 0 radical (unpaired) electrons. The van der Waals surface area contributed by atoms with Gasteiger partial charge in [-0.25, -0.2) is 14.4 Å². The summed E-state index contributed by atoms with van der Waals surface area (Å²) < 4.78 is 28.6. The first-order valence-corrected chi connectivity index (χ1v) is 13.6. The molecule has 2 aromatic heterocycles. The summed E-state index contributed by atoms with van der Waals surface area (Å²) in [6.07, 6.45) is 7.72. The summed E-state index contributed by atoms with van der Waals surface area (Å²) in [5.41, 5.74) is 2.44. The highest BCUT2D eigenvalue weighted by Gasteiger charge is 2.26. The average Bonchev–Trinajstić information content (AvgIpc) is 3.41. The summed E-state index contributed by atoms with van der Waals surface area (Å²) in [7, 11) is 0. The van der Waals surface area contributed by atoms with E-state index < -0.39 is 5.82 Å². The quantitative estimate of drug-likeness (QED) is 0.217. The van der Waals surface area contributed by atoms with Crippen molar-refractivity contribution in [1.29, 1.82) is 0 Å². The molecule has 0 saturated carbocycles. The van der Waals surface area contributed by atoms with Crippen LogP contribution in [0.2, 0.25) is 10.0 Å². The van der Waals surface area contributed by atoms with Crippen molar-refractivity contribution in [2.24, 2.45) is 0 Å². The summed E-state index contributed by atoms with van der Waals surface area (Å²) >= 11 is 12.0. The number of carbonyl (C=O) groups is 1. The maximum absolute atomic E-state index is 14.8. The molecule has 0 spiro atoms. The largest absolute Gasteiger partial charge is 0.490 e. The molecule has 4 heterocycles. The van der Waals surface area contributed by atoms with E-state index in [2.05, 4.69) is 27.0 Å². The van der Waals surface area contributed by atoms with Gasteiger partial charge in [0, 0.05) is 48.6 Å². The number of fused-ring (bicyclic) bond motifs is 1. The van der Waals surface area contributed by atoms with Crippen LogP contribution < -0.4 is 10.1 Å². The second-order valence-corrected chi connectivity index (χ2v) is 10.5. The summed E-state index contributed by atoms with van der Waals surface area (Å²) in [6, 6.07) is 6.98. The molecule has 1 amide bonds. The van der Waals surface area contributed by atoms with E-state index in [-0.39, 0.29) is 33.8 Å². The van der Waals surface area contributed by atoms with Crippen molar-refractivity contribution in [3.05, 3.63) is 71.5 Å². The number of hydrogen-bond acceptors (Lipinski definition) is 7. The summed E-state index contributed by atoms with van der Waals surface area (Å²) in [4.78, 5) is 22.6. The lowest BCUT2D eigenvalue weighted by molar-refractivity contribution is -0.127. The number of anilines is 2. The van der Waals surface area contributed by atoms with Gasteiger partial charge in [0.2, 0.25) is 5.91 Å². The predicted octanol–water partition coefficient (Wildman–Crippen LogP) is 5.81. The number of hydrogen-bond donors (Lipinski definition) is 1. The average molecular weight is 583 g/mol. The van der Waals surface area contributed by atoms with Gasteiger partial charge < -0.3 is 19.7 Å². The van der Waals surface area contributed by atoms with Gasteiger partial charge in [-0.3, -0.25) is 9.48 Å². The minimum absolute atomic E-state index is 0.0837. The standard InChI is InChI=1S/C28H25Cl2FN6O3/c1-2-25(38)36-7-5-18(6-8-36)40-24-10-20-23(9-19(24)16-11-34-37(12-16)17-13-39-14-17)32-15-33-28(20)35-22-4-3-21(29)26(30)27(22)31/h2-4,9-12,15,17-18H,1,5-8,13-14H2,(H,32,33,35). The molecule has 206 valence electrons. The Bertz CT molecular complexity index is 1600. The minimum atomic E-state index is -0.678. The fourth-order valence-corrected chi connectivity index (χ4v) is 5.12. The van der Waals surface area contributed by atoms with Crippen LogP contribution in [0.25, 0.3) is 22.0 Å². The molecular weight excluding hydrogens is 558 g/mol. The van der Waals surface area contributed by atoms with E-state index in [4.69, 9.17) is 32.7 Å². The Labute approximate surface area is 239 Å². The Kier molecular flexibility index (Phi) is 7.31. The Morgan fingerprint density at radius 2 is 2.00 bits per heavy atom. The van der Waals surface area contributed by atoms with Crippen LogP contribution in [0.4, 0.5) is 15.9 Å². The summed E-state index contributed by atoms with van der Waals surface area (Å²) in [5.74, 6) is 0.229. The molecule has 4 aromatic rings. The number of aromatic nitrogens is 4. The maximum Gasteiger partial charge on any atom is 0.245 e. The maximum atomic E-state index is 14.8. The van der Waals surface area contributed by atoms with E-state index in [1.54, 1.807) is 11.1 Å². The number of likely N-dealkylation sites (tertiary alicyclic amines) is 1. The molecule has 2 aliphatic heterocycles. The van der Waals surface area contributed by atoms with Crippen LogP contribution in [0.3, 0.4) is 0 Å². The third-order valence-corrected chi connectivity index (χ3v) is 7.94. The van der Waals surface area contributed by atoms with E-state index in [9.17, 15) is 9.18 Å². The van der Waals surface area contributed by atoms with Crippen molar-refractivity contribution in [2.45, 2.75) is 25.0 Å². The van der Waals surface area contributed by atoms with Crippen LogP contribution in [0, 0.1) is 5.82 Å². The lowest BCUT2D eigenvalue weighted by Crippen LogP contribution is -2.41. The second kappa shape index (κ2) is 11.0. The molecule has 0 unspecified atom stereocenters. The summed E-state index contributed by atoms with van der Waals surface area (Å²) in [5, 5.41) is 8.13. The van der Waals surface area contributed by atoms with E-state index in [0.717, 1.165) is 11.1 Å². The molecule has 2 fully saturated rings. The molecular formula is C28H25Cl2FN6O3. The first kappa shape index (κ1) is 26.5. The van der Waals surface area contributed by atoms with E-state index in [1.807, 2.05) is 23.0 Å². The number of nitrogens with zero attached hydrogens (tertiary/aromatic N) is 5. The number of amides is 1. The third kappa shape index (κ3) is 5.10. The van der Waals surface area contributed by atoms with Gasteiger partial charge in [-0.2, -0.15) is 5.10 Å². The van der Waals surface area contributed by atoms with Crippen LogP contribution in [0.1, 0.15) is 18.9 Å². The molecule has 0 aliphatic carbocycles. The fourth-order valence-electron chi connectivity index (χ4n) is 4.81. The SMILES string of the molecule is C=CC(=O)N1CCC(Oc2cc3c(Nc4ccc(Cl)c(Cl)c4F)ncnc3cc2-c2cnn(C3COC3)c2)CC1. The van der Waals surface area contributed by atoms with E-state index in [0.29, 0.717) is 61.6 Å². The number of halogens is 3. The molecule has 2 saturated heterocycles. The van der Waals surface area contributed by atoms with Crippen molar-refractivity contribution >= 4 is 51.5 Å². The van der Waals surface area contributed by atoms with Gasteiger partial charge in [0.25, 0.3) is 0 Å². The number of benzene rings is 2. The van der Waals surface area contributed by atoms with E-state index >= 15 is 0 Å². The zero-order valence-electron chi connectivity index (χ0n) is 21.3. The van der Waals surface area contributed by atoms with Gasteiger partial charge in [0.15, 0.2) is 5.82 Å². The van der Waals surface area contributed by atoms with Gasteiger partial charge in [-0.1, -0.05) is 29.8 Å². The van der Waals surface area contributed by atoms with Crippen molar-refractivity contribution in [3.63, 3.8) is 0 Å². The Hall–Kier alpha value is -3.73. The van der Waals surface area contributed by atoms with Crippen LogP contribution in [0.15, 0.2) is 55.6 Å². The van der Waals surface area contributed by atoms with Crippen LogP contribution >= 0.6 is 23.2 Å². The number of piperidine rings is 1. The molecule has 40 heavy (non-hydrogen) atoms. The van der Waals surface area contributed by atoms with Gasteiger partial charge in [-0.05, 0) is 30.3 Å². The first-order chi connectivity index (χ1) is 19.4. The zero-order valence-corrected chi connectivity index (χ0v) is 22.8. The smallest absolute Gasteiger partial charge is 0.245 e. The normalized spacial score (nSPS) is 16.1. The fraction of sp³-hybridized carbons (Fsp3) is 0.286. The van der Waals surface area contributed by atoms with Crippen LogP contribution in [0.5, 0.6) is 5.75 Å². The monoisotopic (exact) mass is 582 g/mol. The Morgan fingerprint density at radius 1 is 1.20 bits per heavy atom. The number of carbonyl (C=O) groups excluding carboxylic acids is 1. The van der Waals surface area contributed by atoms with Gasteiger partial charge in [0.1, 0.15) is 24.0 Å². The molecule has 12 heteroatoms. The highest BCUT2D eigenvalue weighted by Crippen LogP contribution is 2.39. The number of ether oxygens (including phenoxy) is 2. The van der Waals surface area contributed by atoms with Crippen molar-refractivity contribution < 1.29 is 18.7 Å². The predicted molar refractivity (Wildman–Crippen MR) is 151 cm³/mol. The van der Waals surface area contributed by atoms with Crippen molar-refractivity contribution in [3.8, 4) is 16.9 Å². The van der Waals surface area contributed by atoms with Crippen molar-refractivity contribution in [2.75, 3.05) is 31.6 Å². The molecule has 2 aliphatic rings. The summed E-state index contributed by atoms with van der Waals surface area (Å²) in [6.45, 7) is 5.97. The van der Waals surface area contributed by atoms with Crippen LogP contribution in [-0.2, 0) is 9.53 Å². The molecule has 6 rings (SSSR count). The second-order valence-electron chi connectivity index (χ2n) is 9.68. The topological polar surface area (TPSA) is 94.4 Å². The Balaban J connectivity index is 1.37. The highest BCUT2D eigenvalue weighted by atomic mass is 35.5. The van der Waals surface area contributed by atoms with Gasteiger partial charge in [0.05, 0.1) is 46.7 Å². The van der Waals surface area contributed by atoms with Crippen LogP contribution in [-0.4, -0.2) is 63.0 Å². The first-order valence-electron chi connectivity index (χ1n) is 12.8. The van der Waals surface area contributed by atoms with Gasteiger partial charge >= 0.3 is 0 Å². The van der Waals surface area contributed by atoms with Gasteiger partial charge in [-0.15, -0.1) is 0 Å².